The quantitative estimate of drug-likeness (QED) is 0.486. The second-order valence-corrected chi connectivity index (χ2v) is 15.3. The Kier molecular flexibility index (Phi) is 4.51. The summed E-state index contributed by atoms with van der Waals surface area (Å²) in [4.78, 5) is 12.9. The predicted octanol–water partition coefficient (Wildman–Crippen LogP) is 6.56. The first-order valence-corrected chi connectivity index (χ1v) is 14.1. The zero-order valence-electron chi connectivity index (χ0n) is 22.3. The molecule has 6 aliphatic rings. The average molecular weight is 457 g/mol. The summed E-state index contributed by atoms with van der Waals surface area (Å²) < 4.78 is 6.88. The monoisotopic (exact) mass is 456 g/mol. The second kappa shape index (κ2) is 6.47. The molecule has 0 bridgehead atoms. The van der Waals surface area contributed by atoms with Gasteiger partial charge in [-0.25, -0.2) is 0 Å². The third kappa shape index (κ3) is 2.58. The molecule has 3 nitrogen and oxygen atoms in total. The molecular weight excluding hydrogens is 408 g/mol. The largest absolute Gasteiger partial charge is 0.388 e. The lowest BCUT2D eigenvalue weighted by Crippen LogP contribution is -2.57. The summed E-state index contributed by atoms with van der Waals surface area (Å²) in [6, 6.07) is 0. The van der Waals surface area contributed by atoms with E-state index in [1.165, 1.54) is 44.9 Å². The van der Waals surface area contributed by atoms with E-state index < -0.39 is 5.60 Å². The Labute approximate surface area is 201 Å². The van der Waals surface area contributed by atoms with Gasteiger partial charge in [0.2, 0.25) is 0 Å². The maximum Gasteiger partial charge on any atom is 0.138 e. The highest BCUT2D eigenvalue weighted by molar-refractivity contribution is 5.86. The van der Waals surface area contributed by atoms with Gasteiger partial charge in [0.1, 0.15) is 5.78 Å². The molecule has 0 aromatic carbocycles. The molecule has 186 valence electrons. The van der Waals surface area contributed by atoms with Crippen molar-refractivity contribution in [2.24, 2.45) is 50.7 Å². The van der Waals surface area contributed by atoms with E-state index >= 15 is 0 Å². The molecule has 6 rings (SSSR count). The third-order valence-corrected chi connectivity index (χ3v) is 13.5. The second-order valence-electron chi connectivity index (χ2n) is 15.3. The van der Waals surface area contributed by atoms with Crippen LogP contribution in [0, 0.1) is 50.7 Å². The maximum absolute atomic E-state index is 12.9. The van der Waals surface area contributed by atoms with E-state index in [1.807, 2.05) is 13.8 Å². The first kappa shape index (κ1) is 23.0. The van der Waals surface area contributed by atoms with Crippen LogP contribution in [0.25, 0.3) is 0 Å². The van der Waals surface area contributed by atoms with Gasteiger partial charge in [-0.15, -0.1) is 0 Å². The van der Waals surface area contributed by atoms with Gasteiger partial charge in [-0.1, -0.05) is 34.6 Å². The van der Waals surface area contributed by atoms with Gasteiger partial charge in [-0.3, -0.25) is 4.79 Å². The lowest BCUT2D eigenvalue weighted by Gasteiger charge is -2.62. The van der Waals surface area contributed by atoms with Crippen molar-refractivity contribution in [3.8, 4) is 0 Å². The number of rotatable bonds is 1. The van der Waals surface area contributed by atoms with Gasteiger partial charge in [0.05, 0.1) is 17.8 Å². The van der Waals surface area contributed by atoms with Crippen LogP contribution in [0.15, 0.2) is 0 Å². The molecular formula is C30H48O3. The van der Waals surface area contributed by atoms with Crippen LogP contribution in [0.5, 0.6) is 0 Å². The molecule has 4 unspecified atom stereocenters. The molecule has 33 heavy (non-hydrogen) atoms. The summed E-state index contributed by atoms with van der Waals surface area (Å²) in [7, 11) is 0. The predicted molar refractivity (Wildman–Crippen MR) is 131 cm³/mol. The maximum atomic E-state index is 12.9. The molecule has 0 aromatic rings. The Morgan fingerprint density at radius 3 is 2.27 bits per heavy atom. The first-order chi connectivity index (χ1) is 15.2. The van der Waals surface area contributed by atoms with Crippen LogP contribution in [0.2, 0.25) is 0 Å². The third-order valence-electron chi connectivity index (χ3n) is 13.5. The average Bonchev–Trinajstić information content (AvgIpc) is 3.35. The molecule has 1 heterocycles. The first-order valence-electron chi connectivity index (χ1n) is 14.1. The van der Waals surface area contributed by atoms with E-state index in [0.717, 1.165) is 25.2 Å². The van der Waals surface area contributed by atoms with E-state index in [1.54, 1.807) is 0 Å². The Bertz CT molecular complexity index is 870. The summed E-state index contributed by atoms with van der Waals surface area (Å²) >= 11 is 0. The topological polar surface area (TPSA) is 46.5 Å². The molecule has 10 atom stereocenters. The van der Waals surface area contributed by atoms with Crippen molar-refractivity contribution in [3.63, 3.8) is 0 Å². The Morgan fingerprint density at radius 2 is 1.58 bits per heavy atom. The summed E-state index contributed by atoms with van der Waals surface area (Å²) in [5.74, 6) is 3.14. The van der Waals surface area contributed by atoms with Crippen LogP contribution < -0.4 is 0 Å². The lowest BCUT2D eigenvalue weighted by atomic mass is 9.42. The minimum absolute atomic E-state index is 0.0515. The van der Waals surface area contributed by atoms with Crippen LogP contribution >= 0.6 is 0 Å². The SMILES string of the molecule is C[C@@H]1CC[C@H](C(C)(C)O)O[C@H]2C[C@@]3(C)C4CCC5C(C)(C)C(=O)CC[C@@]56CC46CC[C@]3(C)C12. The van der Waals surface area contributed by atoms with Crippen molar-refractivity contribution in [3.05, 3.63) is 0 Å². The number of hydrogen-bond acceptors (Lipinski definition) is 3. The van der Waals surface area contributed by atoms with Gasteiger partial charge in [0, 0.05) is 11.8 Å². The van der Waals surface area contributed by atoms with Crippen LogP contribution in [-0.2, 0) is 9.53 Å². The molecule has 5 aliphatic carbocycles. The number of carbonyl (C=O) groups excluding carboxylic acids is 1. The van der Waals surface area contributed by atoms with Crippen molar-refractivity contribution in [2.75, 3.05) is 0 Å². The van der Waals surface area contributed by atoms with Crippen molar-refractivity contribution in [2.45, 2.75) is 130 Å². The minimum Gasteiger partial charge on any atom is -0.388 e. The van der Waals surface area contributed by atoms with Gasteiger partial charge < -0.3 is 9.84 Å². The molecule has 0 amide bonds. The molecule has 5 saturated carbocycles. The number of hydrogen-bond donors (Lipinski definition) is 1. The highest BCUT2D eigenvalue weighted by Crippen LogP contribution is 2.89. The molecule has 0 radical (unpaired) electrons. The van der Waals surface area contributed by atoms with Crippen molar-refractivity contribution < 1.29 is 14.6 Å². The number of fused-ring (bicyclic) bond motifs is 4. The molecule has 1 N–H and O–H groups in total. The van der Waals surface area contributed by atoms with Gasteiger partial charge >= 0.3 is 0 Å². The lowest BCUT2D eigenvalue weighted by molar-refractivity contribution is -0.157. The molecule has 6 fully saturated rings. The van der Waals surface area contributed by atoms with Gasteiger partial charge in [0.25, 0.3) is 0 Å². The van der Waals surface area contributed by atoms with Gasteiger partial charge in [-0.2, -0.15) is 0 Å². The van der Waals surface area contributed by atoms with Gasteiger partial charge in [0.15, 0.2) is 0 Å². The smallest absolute Gasteiger partial charge is 0.138 e. The fourth-order valence-electron chi connectivity index (χ4n) is 11.8. The van der Waals surface area contributed by atoms with E-state index in [9.17, 15) is 9.90 Å². The van der Waals surface area contributed by atoms with Crippen LogP contribution in [0.4, 0.5) is 0 Å². The van der Waals surface area contributed by atoms with E-state index in [2.05, 4.69) is 34.6 Å². The minimum atomic E-state index is -0.774. The number of carbonyl (C=O) groups is 1. The normalized spacial score (nSPS) is 57.2. The number of ketones is 1. The molecule has 1 aliphatic heterocycles. The van der Waals surface area contributed by atoms with E-state index in [-0.39, 0.29) is 17.6 Å². The van der Waals surface area contributed by atoms with Crippen molar-refractivity contribution in [1.29, 1.82) is 0 Å². The summed E-state index contributed by atoms with van der Waals surface area (Å²) in [5.41, 5.74) is 0.626. The highest BCUT2D eigenvalue weighted by atomic mass is 16.5. The van der Waals surface area contributed by atoms with Crippen LogP contribution in [-0.4, -0.2) is 28.7 Å². The fourth-order valence-corrected chi connectivity index (χ4v) is 11.8. The van der Waals surface area contributed by atoms with Crippen LogP contribution in [0.1, 0.15) is 113 Å². The van der Waals surface area contributed by atoms with E-state index in [0.29, 0.717) is 45.2 Å². The molecule has 1 saturated heterocycles. The van der Waals surface area contributed by atoms with Gasteiger partial charge in [-0.05, 0) is 117 Å². The zero-order chi connectivity index (χ0) is 23.8. The number of ether oxygens (including phenoxy) is 1. The summed E-state index contributed by atoms with van der Waals surface area (Å²) in [5, 5.41) is 10.8. The Morgan fingerprint density at radius 1 is 0.909 bits per heavy atom. The number of Topliss-reactive ketones (excluding diaryl/α,β-unsaturated/α-hetero) is 1. The fraction of sp³-hybridized carbons (Fsp3) is 0.967. The van der Waals surface area contributed by atoms with Crippen molar-refractivity contribution in [1.82, 2.24) is 0 Å². The molecule has 2 spiro atoms. The number of aliphatic hydroxyl groups is 1. The Hall–Kier alpha value is -0.410. The van der Waals surface area contributed by atoms with Crippen molar-refractivity contribution >= 4 is 5.78 Å². The molecule has 3 heteroatoms. The zero-order valence-corrected chi connectivity index (χ0v) is 22.3. The van der Waals surface area contributed by atoms with E-state index in [4.69, 9.17) is 4.74 Å². The standard InChI is InChI=1S/C30H48O3/c1-18-8-11-23(26(4,5)32)33-19-16-28(7)21-10-9-20-25(2,3)22(31)12-13-29(20)17-30(21,29)15-14-27(28,6)24(18)19/h18-21,23-24,32H,8-17H2,1-7H3/t18-,19+,20?,21?,23-,24?,27-,28+,29-,30?/m1/s1. The summed E-state index contributed by atoms with van der Waals surface area (Å²) in [6.45, 7) is 16.1. The van der Waals surface area contributed by atoms with Crippen LogP contribution in [0.3, 0.4) is 0 Å². The highest BCUT2D eigenvalue weighted by Gasteiger charge is 2.83. The Balaban J connectivity index is 1.37. The summed E-state index contributed by atoms with van der Waals surface area (Å²) in [6.07, 6.45) is 12.1. The molecule has 0 aromatic heterocycles.